The zero-order chi connectivity index (χ0) is 12.2. The number of hydrogen-bond acceptors (Lipinski definition) is 3. The molecular weight excluding hydrogens is 226 g/mol. The first kappa shape index (κ1) is 13.9. The molecule has 0 aliphatic heterocycles. The predicted octanol–water partition coefficient (Wildman–Crippen LogP) is 0.434. The van der Waals surface area contributed by atoms with Crippen LogP contribution in [-0.4, -0.2) is 38.9 Å². The smallest absolute Gasteiger partial charge is 0.279 e. The maximum atomic E-state index is 11.8. The third kappa shape index (κ3) is 3.41. The van der Waals surface area contributed by atoms with Crippen LogP contribution >= 0.6 is 0 Å². The molecule has 16 heavy (non-hydrogen) atoms. The summed E-state index contributed by atoms with van der Waals surface area (Å²) in [6.45, 7) is 0.375. The van der Waals surface area contributed by atoms with E-state index in [-0.39, 0.29) is 0 Å². The van der Waals surface area contributed by atoms with Crippen LogP contribution in [0.2, 0.25) is 0 Å². The molecule has 3 N–H and O–H groups in total. The Morgan fingerprint density at radius 1 is 1.19 bits per heavy atom. The zero-order valence-corrected chi connectivity index (χ0v) is 11.0. The van der Waals surface area contributed by atoms with Crippen molar-refractivity contribution < 1.29 is 8.42 Å². The number of hydrogen-bond donors (Lipinski definition) is 2. The quantitative estimate of drug-likeness (QED) is 0.710. The maximum absolute atomic E-state index is 11.8. The van der Waals surface area contributed by atoms with Gasteiger partial charge in [-0.05, 0) is 12.8 Å². The molecule has 1 saturated carbocycles. The summed E-state index contributed by atoms with van der Waals surface area (Å²) in [5.74, 6) is 0. The van der Waals surface area contributed by atoms with Crippen LogP contribution in [0.25, 0.3) is 0 Å². The summed E-state index contributed by atoms with van der Waals surface area (Å²) < 4.78 is 27.6. The Kier molecular flexibility index (Phi) is 4.73. The van der Waals surface area contributed by atoms with E-state index in [2.05, 4.69) is 4.72 Å². The average molecular weight is 249 g/mol. The molecule has 1 aliphatic rings. The highest BCUT2D eigenvalue weighted by molar-refractivity contribution is 7.87. The molecule has 6 heteroatoms. The molecule has 0 unspecified atom stereocenters. The van der Waals surface area contributed by atoms with Crippen LogP contribution in [0, 0.1) is 0 Å². The van der Waals surface area contributed by atoms with Gasteiger partial charge in [0.2, 0.25) is 0 Å². The molecule has 1 aliphatic carbocycles. The molecule has 5 nitrogen and oxygen atoms in total. The predicted molar refractivity (Wildman–Crippen MR) is 65.2 cm³/mol. The van der Waals surface area contributed by atoms with Crippen LogP contribution in [0.3, 0.4) is 0 Å². The van der Waals surface area contributed by atoms with Crippen molar-refractivity contribution >= 4 is 10.2 Å². The third-order valence-corrected chi connectivity index (χ3v) is 4.93. The van der Waals surface area contributed by atoms with Gasteiger partial charge in [-0.25, -0.2) is 0 Å². The van der Waals surface area contributed by atoms with Gasteiger partial charge < -0.3 is 5.73 Å². The van der Waals surface area contributed by atoms with Crippen LogP contribution in [0.4, 0.5) is 0 Å². The van der Waals surface area contributed by atoms with E-state index in [9.17, 15) is 8.42 Å². The summed E-state index contributed by atoms with van der Waals surface area (Å²) in [4.78, 5) is 0. The Balaban J connectivity index is 2.80. The minimum Gasteiger partial charge on any atom is -0.329 e. The summed E-state index contributed by atoms with van der Waals surface area (Å²) >= 11 is 0. The molecule has 0 bridgehead atoms. The van der Waals surface area contributed by atoms with Crippen LogP contribution in [0.5, 0.6) is 0 Å². The molecule has 0 spiro atoms. The fraction of sp³-hybridized carbons (Fsp3) is 1.00. The largest absolute Gasteiger partial charge is 0.329 e. The first-order valence-electron chi connectivity index (χ1n) is 5.83. The van der Waals surface area contributed by atoms with Crippen molar-refractivity contribution in [1.82, 2.24) is 9.03 Å². The fourth-order valence-electron chi connectivity index (χ4n) is 2.12. The van der Waals surface area contributed by atoms with Gasteiger partial charge in [0.05, 0.1) is 0 Å². The van der Waals surface area contributed by atoms with E-state index in [4.69, 9.17) is 5.73 Å². The van der Waals surface area contributed by atoms with E-state index >= 15 is 0 Å². The van der Waals surface area contributed by atoms with Gasteiger partial charge in [0.25, 0.3) is 10.2 Å². The number of nitrogens with zero attached hydrogens (tertiary/aromatic N) is 1. The fourth-order valence-corrected chi connectivity index (χ4v) is 3.14. The van der Waals surface area contributed by atoms with E-state index < -0.39 is 15.7 Å². The van der Waals surface area contributed by atoms with E-state index in [0.717, 1.165) is 25.7 Å². The lowest BCUT2D eigenvalue weighted by Gasteiger charge is -2.33. The van der Waals surface area contributed by atoms with Gasteiger partial charge in [-0.15, -0.1) is 0 Å². The first-order valence-corrected chi connectivity index (χ1v) is 7.27. The molecule has 0 heterocycles. The Morgan fingerprint density at radius 3 is 2.06 bits per heavy atom. The molecule has 0 saturated heterocycles. The summed E-state index contributed by atoms with van der Waals surface area (Å²) in [6.07, 6.45) is 6.13. The van der Waals surface area contributed by atoms with E-state index in [1.807, 2.05) is 0 Å². The Hall–Kier alpha value is -0.170. The second kappa shape index (κ2) is 5.44. The van der Waals surface area contributed by atoms with Crippen molar-refractivity contribution in [2.75, 3.05) is 20.6 Å². The van der Waals surface area contributed by atoms with Crippen LogP contribution in [-0.2, 0) is 10.2 Å². The van der Waals surface area contributed by atoms with Crippen LogP contribution in [0.1, 0.15) is 38.5 Å². The van der Waals surface area contributed by atoms with Gasteiger partial charge >= 0.3 is 0 Å². The van der Waals surface area contributed by atoms with Gasteiger partial charge in [0.15, 0.2) is 0 Å². The van der Waals surface area contributed by atoms with E-state index in [1.165, 1.54) is 31.2 Å². The molecule has 96 valence electrons. The second-order valence-corrected chi connectivity index (χ2v) is 6.67. The topological polar surface area (TPSA) is 75.4 Å². The minimum absolute atomic E-state index is 0.375. The van der Waals surface area contributed by atoms with Crippen molar-refractivity contribution in [3.8, 4) is 0 Å². The minimum atomic E-state index is -3.38. The normalized spacial score (nSPS) is 22.0. The summed E-state index contributed by atoms with van der Waals surface area (Å²) in [7, 11) is -0.319. The SMILES string of the molecule is CN(C)S(=O)(=O)NC1(CN)CCCCCC1. The van der Waals surface area contributed by atoms with Crippen LogP contribution < -0.4 is 10.5 Å². The third-order valence-electron chi connectivity index (χ3n) is 3.28. The van der Waals surface area contributed by atoms with Crippen LogP contribution in [0.15, 0.2) is 0 Å². The van der Waals surface area contributed by atoms with Gasteiger partial charge in [0.1, 0.15) is 0 Å². The van der Waals surface area contributed by atoms with E-state index in [1.54, 1.807) is 0 Å². The Morgan fingerprint density at radius 2 is 1.69 bits per heavy atom. The molecule has 0 radical (unpaired) electrons. The number of rotatable bonds is 4. The molecule has 0 aromatic carbocycles. The molecule has 0 aromatic heterocycles. The monoisotopic (exact) mass is 249 g/mol. The van der Waals surface area contributed by atoms with E-state index in [0.29, 0.717) is 6.54 Å². The molecule has 1 rings (SSSR count). The summed E-state index contributed by atoms with van der Waals surface area (Å²) in [5.41, 5.74) is 5.34. The van der Waals surface area contributed by atoms with Gasteiger partial charge in [0, 0.05) is 26.2 Å². The molecule has 0 atom stereocenters. The molecular formula is C10H23N3O2S. The Bertz CT molecular complexity index is 306. The lowest BCUT2D eigenvalue weighted by Crippen LogP contribution is -2.55. The van der Waals surface area contributed by atoms with Gasteiger partial charge in [-0.1, -0.05) is 25.7 Å². The van der Waals surface area contributed by atoms with Crippen molar-refractivity contribution in [2.24, 2.45) is 5.73 Å². The Labute approximate surface area is 98.6 Å². The molecule has 1 fully saturated rings. The first-order chi connectivity index (χ1) is 7.42. The standard InChI is InChI=1S/C10H23N3O2S/c1-13(2)16(14,15)12-10(9-11)7-5-3-4-6-8-10/h12H,3-9,11H2,1-2H3. The number of nitrogens with one attached hydrogen (secondary N) is 1. The van der Waals surface area contributed by atoms with Crippen molar-refractivity contribution in [3.05, 3.63) is 0 Å². The van der Waals surface area contributed by atoms with Crippen molar-refractivity contribution in [2.45, 2.75) is 44.1 Å². The summed E-state index contributed by atoms with van der Waals surface area (Å²) in [5, 5.41) is 0. The summed E-state index contributed by atoms with van der Waals surface area (Å²) in [6, 6.07) is 0. The van der Waals surface area contributed by atoms with Crippen molar-refractivity contribution in [3.63, 3.8) is 0 Å². The molecule has 0 aromatic rings. The van der Waals surface area contributed by atoms with Gasteiger partial charge in [-0.3, -0.25) is 0 Å². The second-order valence-electron chi connectivity index (χ2n) is 4.79. The zero-order valence-electron chi connectivity index (χ0n) is 10.2. The maximum Gasteiger partial charge on any atom is 0.279 e. The lowest BCUT2D eigenvalue weighted by atomic mass is 9.92. The highest BCUT2D eigenvalue weighted by Gasteiger charge is 2.34. The lowest BCUT2D eigenvalue weighted by molar-refractivity contribution is 0.333. The highest BCUT2D eigenvalue weighted by Crippen LogP contribution is 2.27. The average Bonchev–Trinajstić information content (AvgIpc) is 2.43. The van der Waals surface area contributed by atoms with Gasteiger partial charge in [-0.2, -0.15) is 17.4 Å². The highest BCUT2D eigenvalue weighted by atomic mass is 32.2. The number of nitrogens with two attached hydrogens (primary N) is 1. The molecule has 0 amide bonds. The van der Waals surface area contributed by atoms with Crippen molar-refractivity contribution in [1.29, 1.82) is 0 Å².